The van der Waals surface area contributed by atoms with Crippen molar-refractivity contribution in [3.05, 3.63) is 56.8 Å². The normalized spacial score (nSPS) is 10.6. The van der Waals surface area contributed by atoms with Crippen LogP contribution in [0.3, 0.4) is 0 Å². The highest BCUT2D eigenvalue weighted by Gasteiger charge is 2.18. The fraction of sp³-hybridized carbons (Fsp3) is 0.118. The van der Waals surface area contributed by atoms with Crippen LogP contribution in [-0.4, -0.2) is 35.3 Å². The van der Waals surface area contributed by atoms with E-state index in [9.17, 15) is 9.59 Å². The molecular weight excluding hydrogens is 413 g/mol. The van der Waals surface area contributed by atoms with Gasteiger partial charge in [-0.1, -0.05) is 29.3 Å². The number of hydrogen-bond donors (Lipinski definition) is 1. The van der Waals surface area contributed by atoms with Gasteiger partial charge in [0.2, 0.25) is 5.91 Å². The maximum Gasteiger partial charge on any atom is 0.265 e. The summed E-state index contributed by atoms with van der Waals surface area (Å²) >= 11 is 14.6. The molecule has 2 heterocycles. The van der Waals surface area contributed by atoms with Gasteiger partial charge in [0.05, 0.1) is 27.7 Å². The fourth-order valence-corrected chi connectivity index (χ4v) is 4.15. The van der Waals surface area contributed by atoms with Crippen LogP contribution in [0.4, 0.5) is 5.69 Å². The lowest BCUT2D eigenvalue weighted by Crippen LogP contribution is -2.34. The molecule has 2 aromatic heterocycles. The Balaban J connectivity index is 1.61. The highest BCUT2D eigenvalue weighted by atomic mass is 35.5. The topological polar surface area (TPSA) is 62.3 Å². The van der Waals surface area contributed by atoms with Gasteiger partial charge in [0.15, 0.2) is 0 Å². The third-order valence-corrected chi connectivity index (χ3v) is 6.14. The van der Waals surface area contributed by atoms with Crippen molar-refractivity contribution >= 4 is 63.4 Å². The molecule has 26 heavy (non-hydrogen) atoms. The van der Waals surface area contributed by atoms with Crippen LogP contribution in [0.5, 0.6) is 0 Å². The summed E-state index contributed by atoms with van der Waals surface area (Å²) in [6.45, 7) is -0.0920. The number of nitrogens with one attached hydrogen (secondary N) is 1. The molecule has 3 rings (SSSR count). The number of thiazole rings is 1. The largest absolute Gasteiger partial charge is 0.332 e. The molecule has 2 amide bonds. The molecule has 5 nitrogen and oxygen atoms in total. The average molecular weight is 426 g/mol. The Kier molecular flexibility index (Phi) is 5.93. The molecule has 0 saturated heterocycles. The summed E-state index contributed by atoms with van der Waals surface area (Å²) in [5.41, 5.74) is 0.517. The summed E-state index contributed by atoms with van der Waals surface area (Å²) in [4.78, 5) is 31.8. The average Bonchev–Trinajstić information content (AvgIpc) is 3.28. The first-order chi connectivity index (χ1) is 12.4. The van der Waals surface area contributed by atoms with Gasteiger partial charge >= 0.3 is 0 Å². The predicted molar refractivity (Wildman–Crippen MR) is 107 cm³/mol. The fourth-order valence-electron chi connectivity index (χ4n) is 2.14. The van der Waals surface area contributed by atoms with Crippen molar-refractivity contribution in [1.29, 1.82) is 0 Å². The number of carbonyl (C=O) groups is 2. The smallest absolute Gasteiger partial charge is 0.265 e. The first-order valence-corrected chi connectivity index (χ1v) is 9.89. The molecule has 0 fully saturated rings. The van der Waals surface area contributed by atoms with Gasteiger partial charge < -0.3 is 10.2 Å². The third kappa shape index (κ3) is 4.42. The number of rotatable bonds is 5. The van der Waals surface area contributed by atoms with Gasteiger partial charge in [-0.3, -0.25) is 9.59 Å². The van der Waals surface area contributed by atoms with Crippen LogP contribution in [0.15, 0.2) is 41.9 Å². The molecule has 1 N–H and O–H groups in total. The Labute approximate surface area is 168 Å². The van der Waals surface area contributed by atoms with E-state index in [0.29, 0.717) is 20.6 Å². The molecule has 9 heteroatoms. The van der Waals surface area contributed by atoms with Crippen LogP contribution in [0.1, 0.15) is 9.67 Å². The third-order valence-electron chi connectivity index (χ3n) is 3.38. The Hall–Kier alpha value is -1.93. The monoisotopic (exact) mass is 425 g/mol. The summed E-state index contributed by atoms with van der Waals surface area (Å²) in [5, 5.41) is 6.19. The Morgan fingerprint density at radius 1 is 1.23 bits per heavy atom. The number of aromatic nitrogens is 1. The molecule has 3 aromatic rings. The van der Waals surface area contributed by atoms with Crippen molar-refractivity contribution in [2.75, 3.05) is 18.9 Å². The molecule has 134 valence electrons. The standard InChI is InChI=1S/C17H13Cl2N3O2S2/c1-22(9-15(23)21-10-4-5-11(18)12(19)7-10)17(24)14-8-20-16(26-14)13-3-2-6-25-13/h2-8H,9H2,1H3,(H,21,23). The first kappa shape index (κ1) is 18.8. The van der Waals surface area contributed by atoms with Crippen molar-refractivity contribution in [2.24, 2.45) is 0 Å². The molecule has 0 spiro atoms. The summed E-state index contributed by atoms with van der Waals surface area (Å²) in [6.07, 6.45) is 1.54. The number of nitrogens with zero attached hydrogens (tertiary/aromatic N) is 2. The van der Waals surface area contributed by atoms with Gasteiger partial charge in [-0.15, -0.1) is 22.7 Å². The molecule has 0 bridgehead atoms. The number of likely N-dealkylation sites (N-methyl/N-ethyl adjacent to an activating group) is 1. The molecule has 0 aliphatic rings. The predicted octanol–water partition coefficient (Wildman–Crippen LogP) is 4.89. The van der Waals surface area contributed by atoms with Crippen molar-refractivity contribution in [3.8, 4) is 9.88 Å². The summed E-state index contributed by atoms with van der Waals surface area (Å²) in [5.74, 6) is -0.586. The number of anilines is 1. The highest BCUT2D eigenvalue weighted by Crippen LogP contribution is 2.29. The van der Waals surface area contributed by atoms with E-state index in [2.05, 4.69) is 10.3 Å². The minimum atomic E-state index is -0.331. The van der Waals surface area contributed by atoms with E-state index in [0.717, 1.165) is 9.88 Å². The second-order valence-electron chi connectivity index (χ2n) is 5.35. The minimum absolute atomic E-state index is 0.0920. The number of halogens is 2. The number of benzene rings is 1. The van der Waals surface area contributed by atoms with Gasteiger partial charge in [-0.25, -0.2) is 4.98 Å². The second-order valence-corrected chi connectivity index (χ2v) is 8.14. The first-order valence-electron chi connectivity index (χ1n) is 7.44. The van der Waals surface area contributed by atoms with Crippen molar-refractivity contribution in [2.45, 2.75) is 0 Å². The number of carbonyl (C=O) groups excluding carboxylic acids is 2. The molecule has 0 saturated carbocycles. The zero-order valence-corrected chi connectivity index (χ0v) is 16.7. The van der Waals surface area contributed by atoms with Gasteiger partial charge in [0.25, 0.3) is 5.91 Å². The number of hydrogen-bond acceptors (Lipinski definition) is 5. The van der Waals surface area contributed by atoms with Crippen LogP contribution in [0.2, 0.25) is 10.0 Å². The number of thiophene rings is 1. The van der Waals surface area contributed by atoms with E-state index in [-0.39, 0.29) is 18.4 Å². The van der Waals surface area contributed by atoms with Crippen molar-refractivity contribution < 1.29 is 9.59 Å². The Morgan fingerprint density at radius 2 is 2.04 bits per heavy atom. The van der Waals surface area contributed by atoms with E-state index >= 15 is 0 Å². The quantitative estimate of drug-likeness (QED) is 0.632. The van der Waals surface area contributed by atoms with Gasteiger partial charge in [-0.05, 0) is 29.6 Å². The summed E-state index contributed by atoms with van der Waals surface area (Å²) < 4.78 is 0. The van der Waals surface area contributed by atoms with Gasteiger partial charge in [0, 0.05) is 12.7 Å². The van der Waals surface area contributed by atoms with Gasteiger partial charge in [-0.2, -0.15) is 0 Å². The van der Waals surface area contributed by atoms with Crippen molar-refractivity contribution in [3.63, 3.8) is 0 Å². The lowest BCUT2D eigenvalue weighted by Gasteiger charge is -2.15. The Morgan fingerprint density at radius 3 is 2.73 bits per heavy atom. The summed E-state index contributed by atoms with van der Waals surface area (Å²) in [7, 11) is 1.57. The molecule has 0 radical (unpaired) electrons. The second kappa shape index (κ2) is 8.18. The molecule has 0 atom stereocenters. The lowest BCUT2D eigenvalue weighted by molar-refractivity contribution is -0.116. The molecule has 1 aromatic carbocycles. The Bertz CT molecular complexity index is 941. The zero-order valence-electron chi connectivity index (χ0n) is 13.5. The maximum absolute atomic E-state index is 12.5. The highest BCUT2D eigenvalue weighted by molar-refractivity contribution is 7.21. The maximum atomic E-state index is 12.5. The zero-order chi connectivity index (χ0) is 18.7. The van der Waals surface area contributed by atoms with Crippen LogP contribution in [0.25, 0.3) is 9.88 Å². The summed E-state index contributed by atoms with van der Waals surface area (Å²) in [6, 6.07) is 8.68. The van der Waals surface area contributed by atoms with E-state index in [1.807, 2.05) is 17.5 Å². The van der Waals surface area contributed by atoms with Gasteiger partial charge in [0.1, 0.15) is 9.88 Å². The molecular formula is C17H13Cl2N3O2S2. The lowest BCUT2D eigenvalue weighted by atomic mass is 10.3. The van der Waals surface area contributed by atoms with Crippen LogP contribution in [0, 0.1) is 0 Å². The van der Waals surface area contributed by atoms with E-state index in [4.69, 9.17) is 23.2 Å². The number of amides is 2. The van der Waals surface area contributed by atoms with Crippen LogP contribution >= 0.6 is 45.9 Å². The van der Waals surface area contributed by atoms with Crippen LogP contribution in [-0.2, 0) is 4.79 Å². The minimum Gasteiger partial charge on any atom is -0.332 e. The van der Waals surface area contributed by atoms with Crippen molar-refractivity contribution in [1.82, 2.24) is 9.88 Å². The SMILES string of the molecule is CN(CC(=O)Nc1ccc(Cl)c(Cl)c1)C(=O)c1cnc(-c2cccs2)s1. The molecule has 0 unspecified atom stereocenters. The van der Waals surface area contributed by atoms with E-state index < -0.39 is 0 Å². The van der Waals surface area contributed by atoms with E-state index in [1.165, 1.54) is 22.4 Å². The van der Waals surface area contributed by atoms with Crippen LogP contribution < -0.4 is 5.32 Å². The van der Waals surface area contributed by atoms with E-state index in [1.54, 1.807) is 36.6 Å². The molecule has 0 aliphatic heterocycles. The molecule has 0 aliphatic carbocycles.